The van der Waals surface area contributed by atoms with E-state index in [4.69, 9.17) is 0 Å². The topological polar surface area (TPSA) is 110 Å². The first-order valence-electron chi connectivity index (χ1n) is 8.69. The van der Waals surface area contributed by atoms with Crippen molar-refractivity contribution >= 4 is 27.3 Å². The summed E-state index contributed by atoms with van der Waals surface area (Å²) in [7, 11) is -2.14. The van der Waals surface area contributed by atoms with Gasteiger partial charge in [0.25, 0.3) is 5.69 Å². The number of carbonyl (C=O) groups is 1. The Balaban J connectivity index is 1.92. The van der Waals surface area contributed by atoms with Crippen molar-refractivity contribution in [2.24, 2.45) is 0 Å². The number of anilines is 1. The summed E-state index contributed by atoms with van der Waals surface area (Å²) in [5, 5.41) is 13.5. The zero-order chi connectivity index (χ0) is 20.9. The minimum absolute atomic E-state index is 0.0931. The smallest absolute Gasteiger partial charge is 0.271 e. The molecule has 0 saturated heterocycles. The van der Waals surface area contributed by atoms with Crippen LogP contribution in [0, 0.1) is 24.0 Å². The SMILES string of the molecule is Cc1ccc(S(=O)(=O)N(C)CCCC(=O)Nc2cc([N+](=O)[O-])ccc2C)cc1. The van der Waals surface area contributed by atoms with Crippen LogP contribution in [0.3, 0.4) is 0 Å². The maximum Gasteiger partial charge on any atom is 0.271 e. The second kappa shape index (κ2) is 8.94. The van der Waals surface area contributed by atoms with Crippen LogP contribution in [0.2, 0.25) is 0 Å². The Morgan fingerprint density at radius 1 is 1.14 bits per heavy atom. The molecule has 9 heteroatoms. The van der Waals surface area contributed by atoms with Gasteiger partial charge in [-0.05, 0) is 38.0 Å². The Morgan fingerprint density at radius 3 is 2.39 bits per heavy atom. The third kappa shape index (κ3) is 5.37. The molecular weight excluding hydrogens is 382 g/mol. The van der Waals surface area contributed by atoms with Gasteiger partial charge in [-0.25, -0.2) is 12.7 Å². The molecule has 150 valence electrons. The molecule has 0 fully saturated rings. The van der Waals surface area contributed by atoms with Gasteiger partial charge in [-0.1, -0.05) is 23.8 Å². The van der Waals surface area contributed by atoms with E-state index < -0.39 is 14.9 Å². The minimum Gasteiger partial charge on any atom is -0.326 e. The molecule has 0 unspecified atom stereocenters. The monoisotopic (exact) mass is 405 g/mol. The molecule has 28 heavy (non-hydrogen) atoms. The molecule has 0 aromatic heterocycles. The Hall–Kier alpha value is -2.78. The van der Waals surface area contributed by atoms with Gasteiger partial charge in [-0.15, -0.1) is 0 Å². The number of carbonyl (C=O) groups excluding carboxylic acids is 1. The van der Waals surface area contributed by atoms with E-state index in [1.54, 1.807) is 37.3 Å². The molecular formula is C19H23N3O5S. The molecule has 2 rings (SSSR count). The average molecular weight is 405 g/mol. The summed E-state index contributed by atoms with van der Waals surface area (Å²) in [6.45, 7) is 3.79. The van der Waals surface area contributed by atoms with Gasteiger partial charge in [-0.2, -0.15) is 0 Å². The Morgan fingerprint density at radius 2 is 1.79 bits per heavy atom. The number of hydrogen-bond donors (Lipinski definition) is 1. The summed E-state index contributed by atoms with van der Waals surface area (Å²) in [5.74, 6) is -0.329. The van der Waals surface area contributed by atoms with Gasteiger partial charge in [0.15, 0.2) is 0 Å². The summed E-state index contributed by atoms with van der Waals surface area (Å²) < 4.78 is 26.2. The quantitative estimate of drug-likeness (QED) is 0.535. The molecule has 1 N–H and O–H groups in total. The van der Waals surface area contributed by atoms with Crippen LogP contribution in [0.4, 0.5) is 11.4 Å². The molecule has 0 bridgehead atoms. The fourth-order valence-corrected chi connectivity index (χ4v) is 3.75. The third-order valence-electron chi connectivity index (χ3n) is 4.31. The molecule has 0 spiro atoms. The summed E-state index contributed by atoms with van der Waals surface area (Å²) in [6.07, 6.45) is 0.414. The molecule has 0 radical (unpaired) electrons. The van der Waals surface area contributed by atoms with Crippen LogP contribution in [-0.4, -0.2) is 37.1 Å². The van der Waals surface area contributed by atoms with E-state index in [1.165, 1.54) is 23.5 Å². The van der Waals surface area contributed by atoms with Crippen molar-refractivity contribution in [2.45, 2.75) is 31.6 Å². The molecule has 0 atom stereocenters. The van der Waals surface area contributed by atoms with Crippen molar-refractivity contribution in [2.75, 3.05) is 18.9 Å². The van der Waals surface area contributed by atoms with Crippen LogP contribution in [0.5, 0.6) is 0 Å². The first-order chi connectivity index (χ1) is 13.1. The van der Waals surface area contributed by atoms with Gasteiger partial charge in [0.05, 0.1) is 15.5 Å². The van der Waals surface area contributed by atoms with Crippen molar-refractivity contribution in [1.82, 2.24) is 4.31 Å². The largest absolute Gasteiger partial charge is 0.326 e. The fourth-order valence-electron chi connectivity index (χ4n) is 2.54. The lowest BCUT2D eigenvalue weighted by Gasteiger charge is -2.17. The first kappa shape index (κ1) is 21.5. The molecule has 0 heterocycles. The van der Waals surface area contributed by atoms with Gasteiger partial charge in [0, 0.05) is 32.1 Å². The zero-order valence-corrected chi connectivity index (χ0v) is 16.8. The molecule has 0 saturated carbocycles. The predicted octanol–water partition coefficient (Wildman–Crippen LogP) is 3.25. The number of rotatable bonds is 8. The normalized spacial score (nSPS) is 11.4. The van der Waals surface area contributed by atoms with E-state index >= 15 is 0 Å². The Labute approximate surface area is 164 Å². The Kier molecular flexibility index (Phi) is 6.87. The van der Waals surface area contributed by atoms with Crippen molar-refractivity contribution in [3.8, 4) is 0 Å². The van der Waals surface area contributed by atoms with Crippen molar-refractivity contribution < 1.29 is 18.1 Å². The predicted molar refractivity (Wildman–Crippen MR) is 107 cm³/mol. The van der Waals surface area contributed by atoms with Gasteiger partial charge in [0.1, 0.15) is 0 Å². The van der Waals surface area contributed by atoms with Crippen LogP contribution in [-0.2, 0) is 14.8 Å². The first-order valence-corrected chi connectivity index (χ1v) is 10.1. The number of nitrogens with one attached hydrogen (secondary N) is 1. The lowest BCUT2D eigenvalue weighted by Crippen LogP contribution is -2.28. The van der Waals surface area contributed by atoms with E-state index in [9.17, 15) is 23.3 Å². The van der Waals surface area contributed by atoms with E-state index in [2.05, 4.69) is 5.32 Å². The maximum absolute atomic E-state index is 12.5. The highest BCUT2D eigenvalue weighted by molar-refractivity contribution is 7.89. The average Bonchev–Trinajstić information content (AvgIpc) is 2.63. The lowest BCUT2D eigenvalue weighted by molar-refractivity contribution is -0.384. The molecule has 2 aromatic rings. The van der Waals surface area contributed by atoms with Crippen molar-refractivity contribution in [3.05, 3.63) is 63.7 Å². The van der Waals surface area contributed by atoms with E-state index in [0.29, 0.717) is 17.7 Å². The summed E-state index contributed by atoms with van der Waals surface area (Å²) in [6, 6.07) is 10.8. The third-order valence-corrected chi connectivity index (χ3v) is 6.18. The van der Waals surface area contributed by atoms with E-state index in [1.807, 2.05) is 6.92 Å². The maximum atomic E-state index is 12.5. The van der Waals surface area contributed by atoms with Gasteiger partial charge >= 0.3 is 0 Å². The van der Waals surface area contributed by atoms with Crippen LogP contribution >= 0.6 is 0 Å². The van der Waals surface area contributed by atoms with Crippen LogP contribution < -0.4 is 5.32 Å². The van der Waals surface area contributed by atoms with Crippen molar-refractivity contribution in [3.63, 3.8) is 0 Å². The van der Waals surface area contributed by atoms with Crippen LogP contribution in [0.25, 0.3) is 0 Å². The van der Waals surface area contributed by atoms with Gasteiger partial charge in [-0.3, -0.25) is 14.9 Å². The fraction of sp³-hybridized carbons (Fsp3) is 0.316. The molecule has 8 nitrogen and oxygen atoms in total. The highest BCUT2D eigenvalue weighted by Crippen LogP contribution is 2.22. The van der Waals surface area contributed by atoms with Gasteiger partial charge in [0.2, 0.25) is 15.9 Å². The molecule has 0 aliphatic carbocycles. The van der Waals surface area contributed by atoms with Crippen LogP contribution in [0.15, 0.2) is 47.4 Å². The number of benzene rings is 2. The summed E-state index contributed by atoms with van der Waals surface area (Å²) in [5.41, 5.74) is 1.94. The minimum atomic E-state index is -3.61. The standard InChI is InChI=1S/C19H23N3O5S/c1-14-6-10-17(11-7-14)28(26,27)21(3)12-4-5-19(23)20-18-13-16(22(24)25)9-8-15(18)2/h6-11,13H,4-5,12H2,1-3H3,(H,20,23). The molecule has 1 amide bonds. The van der Waals surface area contributed by atoms with E-state index in [0.717, 1.165) is 5.56 Å². The number of sulfonamides is 1. The van der Waals surface area contributed by atoms with Crippen LogP contribution in [0.1, 0.15) is 24.0 Å². The molecule has 0 aliphatic heterocycles. The second-order valence-corrected chi connectivity index (χ2v) is 8.59. The molecule has 2 aromatic carbocycles. The number of nitro groups is 1. The molecule has 0 aliphatic rings. The lowest BCUT2D eigenvalue weighted by atomic mass is 10.1. The highest BCUT2D eigenvalue weighted by Gasteiger charge is 2.20. The summed E-state index contributed by atoms with van der Waals surface area (Å²) in [4.78, 5) is 22.7. The highest BCUT2D eigenvalue weighted by atomic mass is 32.2. The number of hydrogen-bond acceptors (Lipinski definition) is 5. The van der Waals surface area contributed by atoms with Gasteiger partial charge < -0.3 is 5.32 Å². The number of non-ortho nitro benzene ring substituents is 1. The van der Waals surface area contributed by atoms with E-state index in [-0.39, 0.29) is 29.5 Å². The number of nitro benzene ring substituents is 1. The number of amides is 1. The number of nitrogens with zero attached hydrogens (tertiary/aromatic N) is 2. The summed E-state index contributed by atoms with van der Waals surface area (Å²) >= 11 is 0. The zero-order valence-electron chi connectivity index (χ0n) is 16.0. The van der Waals surface area contributed by atoms with Crippen molar-refractivity contribution in [1.29, 1.82) is 0 Å². The second-order valence-electron chi connectivity index (χ2n) is 6.55. The Bertz CT molecular complexity index is 972. The number of aryl methyl sites for hydroxylation is 2.